The molecular weight excluding hydrogens is 1360 g/mol. The van der Waals surface area contributed by atoms with Crippen molar-refractivity contribution in [1.29, 1.82) is 0 Å². The zero-order valence-electron chi connectivity index (χ0n) is 57.3. The summed E-state index contributed by atoms with van der Waals surface area (Å²) in [6.45, 7) is 7.79. The maximum Gasteiger partial charge on any atom is 0.358 e. The Bertz CT molecular complexity index is 4790. The molecule has 0 bridgehead atoms. The normalized spacial score (nSPS) is 26.3. The maximum atomic E-state index is 11.1. The van der Waals surface area contributed by atoms with Crippen molar-refractivity contribution >= 4 is 73.2 Å². The second-order valence-electron chi connectivity index (χ2n) is 26.1. The van der Waals surface area contributed by atoms with E-state index >= 15 is 0 Å². The van der Waals surface area contributed by atoms with Gasteiger partial charge in [-0.1, -0.05) is 66.2 Å². The number of aromatic nitrogens is 12. The first-order valence-electron chi connectivity index (χ1n) is 34.1. The number of nitrogens with zero attached hydrogens (tertiary/aromatic N) is 10. The highest BCUT2D eigenvalue weighted by molar-refractivity contribution is 7.79. The van der Waals surface area contributed by atoms with Crippen LogP contribution in [0.1, 0.15) is 84.0 Å². The number of methoxy groups -OCH3 is 3. The minimum absolute atomic E-state index is 0.0557. The fourth-order valence-corrected chi connectivity index (χ4v) is 14.9. The van der Waals surface area contributed by atoms with E-state index in [9.17, 15) is 5.11 Å². The molecule has 3 unspecified atom stereocenters. The largest absolute Gasteiger partial charge is 0.497 e. The average molecular weight is 1430 g/mol. The van der Waals surface area contributed by atoms with Gasteiger partial charge in [-0.05, 0) is 113 Å². The van der Waals surface area contributed by atoms with Gasteiger partial charge in [-0.2, -0.15) is 0 Å². The summed E-state index contributed by atoms with van der Waals surface area (Å²) in [6, 6.07) is 40.3. The SMILES string of the molecule is COc1ccc(C2OC[C@@H]3C[C@@H](n4ccc5c(C)ncnc54)[C@H](O)[C@@H]3O2)cc1.COc1ccc(C2OC[C@@H]3C[C@@H](n4ccc5c(C)ncnc54)[C@H](OC(=S)Oc4ccccc4)[C@@H]3O2)cc1.COc1ccc(C2OC[C@@H]3C[C@@H]4O[C@@H]4[C@@H]3O2)cc1.Cc1ncnc2[nH]ccc12.Clc1ncnc2[nH]ccc12. The molecule has 4 aliphatic heterocycles. The van der Waals surface area contributed by atoms with Gasteiger partial charge >= 0.3 is 5.24 Å². The molecular formula is C76H77ClN12O13S. The Morgan fingerprint density at radius 1 is 0.476 bits per heavy atom. The van der Waals surface area contributed by atoms with E-state index in [4.69, 9.17) is 80.7 Å². The summed E-state index contributed by atoms with van der Waals surface area (Å²) in [7, 11) is 4.95. The number of aromatic amines is 2. The molecule has 19 rings (SSSR count). The Hall–Kier alpha value is -9.58. The third kappa shape index (κ3) is 14.9. The molecule has 4 saturated heterocycles. The molecule has 3 saturated carbocycles. The number of fused-ring (bicyclic) bond motifs is 9. The van der Waals surface area contributed by atoms with Crippen molar-refractivity contribution in [2.24, 2.45) is 17.8 Å². The summed E-state index contributed by atoms with van der Waals surface area (Å²) in [5, 5.41) is 15.6. The van der Waals surface area contributed by atoms with Crippen LogP contribution in [-0.4, -0.2) is 153 Å². The Balaban J connectivity index is 0.000000113. The number of thiocarbonyl (C=S) groups is 1. The van der Waals surface area contributed by atoms with Crippen molar-refractivity contribution in [2.45, 2.75) is 114 Å². The van der Waals surface area contributed by atoms with Gasteiger partial charge in [0.25, 0.3) is 0 Å². The highest BCUT2D eigenvalue weighted by atomic mass is 35.5. The third-order valence-electron chi connectivity index (χ3n) is 20.0. The first-order chi connectivity index (χ1) is 50.4. The van der Waals surface area contributed by atoms with Gasteiger partial charge in [-0.25, -0.2) is 39.9 Å². The van der Waals surface area contributed by atoms with Crippen LogP contribution in [0.25, 0.3) is 44.1 Å². The number of nitrogens with one attached hydrogen (secondary N) is 2. The van der Waals surface area contributed by atoms with Gasteiger partial charge in [-0.3, -0.25) is 0 Å². The standard InChI is InChI=1S/C28H27N3O5S.C21H23N3O4.C14H16O4.C7H7N3.C6H4ClN3/c1-17-22-12-13-31(26(22)30-16-29-17)23-14-19-15-33-27(18-8-10-20(32-2)11-9-18)35-24(19)25(23)36-28(37)34-21-6-4-3-5-7-21;1-12-16-7-8-24(20(16)23-11-22-12)17-9-14-10-27-21(28-19(14)18(17)25)13-3-5-15(26-2)6-4-13;1-15-10-4-2-8(3-5-10)14-16-7-9-6-11-13(17-11)12(9)18-14;1-5-6-2-3-8-7(6)10-4-9-5;7-5-4-1-2-8-6(4)10-3-9-5/h3-13,16,19,23-25,27H,14-15H2,1-2H3;3-8,11,14,17-19,21,25H,9-10H2,1-2H3;2-5,9,11-14H,6-7H2,1H3;2-4H,1H3,(H,8,9,10);1-3H,(H,8,9,10)/t19-,23+,24+,25-,27?;14-,17+,18-,19+,21?;9-,11-,12+,13-,14?;;/m000../s1. The molecule has 25 nitrogen and oxygen atoms in total. The lowest BCUT2D eigenvalue weighted by Gasteiger charge is -2.35. The van der Waals surface area contributed by atoms with Gasteiger partial charge in [-0.15, -0.1) is 0 Å². The molecule has 532 valence electrons. The van der Waals surface area contributed by atoms with Crippen molar-refractivity contribution < 1.29 is 61.9 Å². The molecule has 12 aromatic rings. The number of rotatable bonds is 10. The van der Waals surface area contributed by atoms with Crippen molar-refractivity contribution in [3.63, 3.8) is 0 Å². The molecule has 3 N–H and O–H groups in total. The van der Waals surface area contributed by atoms with E-state index in [0.717, 1.165) is 121 Å². The van der Waals surface area contributed by atoms with Crippen LogP contribution in [0.5, 0.6) is 23.0 Å². The number of ether oxygens (including phenoxy) is 12. The first-order valence-corrected chi connectivity index (χ1v) is 34.9. The second kappa shape index (κ2) is 30.8. The highest BCUT2D eigenvalue weighted by Gasteiger charge is 2.59. The fourth-order valence-electron chi connectivity index (χ4n) is 14.5. The van der Waals surface area contributed by atoms with Gasteiger partial charge in [0, 0.05) is 87.6 Å². The maximum absolute atomic E-state index is 11.1. The van der Waals surface area contributed by atoms with Crippen molar-refractivity contribution in [2.75, 3.05) is 41.2 Å². The average Bonchev–Trinajstić information content (AvgIpc) is 1.64. The molecule has 7 fully saturated rings. The lowest BCUT2D eigenvalue weighted by atomic mass is 10.0. The summed E-state index contributed by atoms with van der Waals surface area (Å²) < 4.78 is 74.3. The quantitative estimate of drug-likeness (QED) is 0.0652. The molecule has 12 heterocycles. The number of aliphatic hydroxyl groups excluding tert-OH is 1. The van der Waals surface area contributed by atoms with Crippen LogP contribution in [0.3, 0.4) is 0 Å². The van der Waals surface area contributed by atoms with Gasteiger partial charge in [0.1, 0.15) is 94.4 Å². The van der Waals surface area contributed by atoms with Crippen LogP contribution in [0.2, 0.25) is 5.15 Å². The van der Waals surface area contributed by atoms with Crippen molar-refractivity contribution in [3.05, 3.63) is 216 Å². The van der Waals surface area contributed by atoms with E-state index in [1.54, 1.807) is 46.5 Å². The zero-order valence-corrected chi connectivity index (χ0v) is 58.8. The van der Waals surface area contributed by atoms with Gasteiger partial charge in [0.2, 0.25) is 0 Å². The van der Waals surface area contributed by atoms with Crippen LogP contribution in [0.4, 0.5) is 0 Å². The van der Waals surface area contributed by atoms with Crippen molar-refractivity contribution in [3.8, 4) is 23.0 Å². The predicted molar refractivity (Wildman–Crippen MR) is 383 cm³/mol. The number of hydrogen-bond acceptors (Lipinski definition) is 22. The molecule has 3 aliphatic carbocycles. The van der Waals surface area contributed by atoms with Crippen LogP contribution in [-0.2, 0) is 37.9 Å². The molecule has 103 heavy (non-hydrogen) atoms. The fraction of sp³-hybridized carbons (Fsp3) is 0.355. The minimum Gasteiger partial charge on any atom is -0.497 e. The van der Waals surface area contributed by atoms with E-state index in [2.05, 4.69) is 59.0 Å². The van der Waals surface area contributed by atoms with E-state index in [1.807, 2.05) is 167 Å². The lowest BCUT2D eigenvalue weighted by molar-refractivity contribution is -0.249. The Kier molecular flexibility index (Phi) is 20.7. The molecule has 7 aliphatic rings. The monoisotopic (exact) mass is 1430 g/mol. The molecule has 0 radical (unpaired) electrons. The third-order valence-corrected chi connectivity index (χ3v) is 20.4. The second-order valence-corrected chi connectivity index (χ2v) is 26.8. The van der Waals surface area contributed by atoms with Crippen LogP contribution >= 0.6 is 23.8 Å². The Morgan fingerprint density at radius 3 is 1.47 bits per heavy atom. The summed E-state index contributed by atoms with van der Waals surface area (Å²) in [6.07, 6.45) is 14.6. The Morgan fingerprint density at radius 2 is 0.932 bits per heavy atom. The first kappa shape index (κ1) is 69.2. The summed E-state index contributed by atoms with van der Waals surface area (Å²) in [5.74, 6) is 3.81. The molecule has 0 spiro atoms. The van der Waals surface area contributed by atoms with Gasteiger partial charge < -0.3 is 81.1 Å². The van der Waals surface area contributed by atoms with Crippen molar-refractivity contribution in [1.82, 2.24) is 59.0 Å². The molecule has 27 heteroatoms. The number of H-pyrrole nitrogens is 2. The zero-order chi connectivity index (χ0) is 70.7. The smallest absolute Gasteiger partial charge is 0.358 e. The number of aliphatic hydroxyl groups is 1. The molecule has 4 aromatic carbocycles. The van der Waals surface area contributed by atoms with Gasteiger partial charge in [0.05, 0.1) is 94.0 Å². The number of para-hydroxylation sites is 1. The highest BCUT2D eigenvalue weighted by Crippen LogP contribution is 2.50. The molecule has 15 atom stereocenters. The topological polar surface area (TPSA) is 279 Å². The van der Waals surface area contributed by atoms with E-state index < -0.39 is 24.8 Å². The molecule has 8 aromatic heterocycles. The van der Waals surface area contributed by atoms with E-state index in [0.29, 0.717) is 42.2 Å². The minimum atomic E-state index is -0.625. The summed E-state index contributed by atoms with van der Waals surface area (Å²) in [4.78, 5) is 39.4. The predicted octanol–water partition coefficient (Wildman–Crippen LogP) is 12.7. The van der Waals surface area contributed by atoms with E-state index in [-0.39, 0.29) is 53.8 Å². The van der Waals surface area contributed by atoms with Gasteiger partial charge in [0.15, 0.2) is 25.0 Å². The Labute approximate surface area is 603 Å². The number of aryl methyl sites for hydroxylation is 3. The number of halogens is 1. The van der Waals surface area contributed by atoms with Crippen LogP contribution in [0.15, 0.2) is 177 Å². The van der Waals surface area contributed by atoms with Crippen LogP contribution in [0, 0.1) is 38.5 Å². The summed E-state index contributed by atoms with van der Waals surface area (Å²) >= 11 is 11.3. The van der Waals surface area contributed by atoms with E-state index in [1.165, 1.54) is 6.33 Å². The molecule has 0 amide bonds. The lowest BCUT2D eigenvalue weighted by Crippen LogP contribution is -2.42. The summed E-state index contributed by atoms with van der Waals surface area (Å²) in [5.41, 5.74) is 9.16. The number of benzene rings is 4. The number of hydrogen-bond donors (Lipinski definition) is 3. The number of epoxide rings is 1. The van der Waals surface area contributed by atoms with Crippen LogP contribution < -0.4 is 18.9 Å².